The second kappa shape index (κ2) is 7.49. The summed E-state index contributed by atoms with van der Waals surface area (Å²) < 4.78 is 0. The summed E-state index contributed by atoms with van der Waals surface area (Å²) in [6.45, 7) is 2.34. The van der Waals surface area contributed by atoms with Crippen LogP contribution in [0.3, 0.4) is 0 Å². The zero-order valence-corrected chi connectivity index (χ0v) is 12.0. The van der Waals surface area contributed by atoms with Gasteiger partial charge in [-0.3, -0.25) is 0 Å². The summed E-state index contributed by atoms with van der Waals surface area (Å²) in [4.78, 5) is 0. The molecule has 106 valence electrons. The minimum Gasteiger partial charge on any atom is -0.392 e. The van der Waals surface area contributed by atoms with Crippen molar-refractivity contribution in [2.24, 2.45) is 5.92 Å². The van der Waals surface area contributed by atoms with Gasteiger partial charge in [-0.25, -0.2) is 0 Å². The quantitative estimate of drug-likeness (QED) is 0.753. The first-order valence-electron chi connectivity index (χ1n) is 8.21. The van der Waals surface area contributed by atoms with Crippen molar-refractivity contribution in [3.8, 4) is 0 Å². The van der Waals surface area contributed by atoms with Crippen LogP contribution in [0, 0.1) is 5.92 Å². The average molecular weight is 253 g/mol. The summed E-state index contributed by atoms with van der Waals surface area (Å²) in [5, 5.41) is 13.9. The molecule has 2 nitrogen and oxygen atoms in total. The zero-order valence-electron chi connectivity index (χ0n) is 12.0. The van der Waals surface area contributed by atoms with Crippen molar-refractivity contribution in [2.45, 2.75) is 95.7 Å². The Kier molecular flexibility index (Phi) is 5.97. The Hall–Kier alpha value is -0.0800. The summed E-state index contributed by atoms with van der Waals surface area (Å²) in [7, 11) is 0. The van der Waals surface area contributed by atoms with Gasteiger partial charge < -0.3 is 10.4 Å². The molecular formula is C16H31NO. The highest BCUT2D eigenvalue weighted by Gasteiger charge is 2.26. The summed E-state index contributed by atoms with van der Waals surface area (Å²) in [6.07, 6.45) is 14.3. The Bertz CT molecular complexity index is 223. The van der Waals surface area contributed by atoms with Crippen molar-refractivity contribution in [1.82, 2.24) is 5.32 Å². The molecule has 2 unspecified atom stereocenters. The van der Waals surface area contributed by atoms with E-state index in [9.17, 15) is 5.11 Å². The highest BCUT2D eigenvalue weighted by molar-refractivity contribution is 4.84. The van der Waals surface area contributed by atoms with E-state index in [0.717, 1.165) is 18.8 Å². The molecule has 0 aromatic heterocycles. The molecule has 0 heterocycles. The second-order valence-electron chi connectivity index (χ2n) is 6.52. The van der Waals surface area contributed by atoms with Gasteiger partial charge in [0.2, 0.25) is 0 Å². The maximum atomic E-state index is 10.2. The van der Waals surface area contributed by atoms with Crippen LogP contribution in [0.2, 0.25) is 0 Å². The van der Waals surface area contributed by atoms with E-state index in [-0.39, 0.29) is 6.10 Å². The number of nitrogens with one attached hydrogen (secondary N) is 1. The Morgan fingerprint density at radius 3 is 2.11 bits per heavy atom. The Morgan fingerprint density at radius 1 is 0.833 bits per heavy atom. The standard InChI is InChI=1S/C16H31NO/c1-13(14-9-5-2-3-6-10-14)17-15-11-7-4-8-12-16(15)18/h13-18H,2-12H2,1H3/t13-,15?,16?/m0/s1. The molecule has 2 aliphatic carbocycles. The van der Waals surface area contributed by atoms with E-state index in [1.807, 2.05) is 0 Å². The van der Waals surface area contributed by atoms with Gasteiger partial charge in [0.25, 0.3) is 0 Å². The molecular weight excluding hydrogens is 222 g/mol. The van der Waals surface area contributed by atoms with Crippen LogP contribution in [0.1, 0.15) is 77.6 Å². The molecule has 0 spiro atoms. The Morgan fingerprint density at radius 2 is 1.39 bits per heavy atom. The number of hydrogen-bond acceptors (Lipinski definition) is 2. The Labute approximate surface area is 113 Å². The van der Waals surface area contributed by atoms with Crippen LogP contribution < -0.4 is 5.32 Å². The van der Waals surface area contributed by atoms with Crippen LogP contribution in [-0.4, -0.2) is 23.3 Å². The molecule has 0 aromatic rings. The minimum atomic E-state index is -0.110. The topological polar surface area (TPSA) is 32.3 Å². The molecule has 2 fully saturated rings. The van der Waals surface area contributed by atoms with Gasteiger partial charge >= 0.3 is 0 Å². The largest absolute Gasteiger partial charge is 0.392 e. The first-order chi connectivity index (χ1) is 8.77. The molecule has 2 rings (SSSR count). The van der Waals surface area contributed by atoms with Gasteiger partial charge in [0, 0.05) is 12.1 Å². The molecule has 0 aromatic carbocycles. The third-order valence-corrected chi connectivity index (χ3v) is 5.06. The summed E-state index contributed by atoms with van der Waals surface area (Å²) in [5.74, 6) is 0.836. The summed E-state index contributed by atoms with van der Waals surface area (Å²) in [5.41, 5.74) is 0. The van der Waals surface area contributed by atoms with E-state index >= 15 is 0 Å². The van der Waals surface area contributed by atoms with Crippen molar-refractivity contribution < 1.29 is 5.11 Å². The average Bonchev–Trinajstić information content (AvgIpc) is 2.73. The van der Waals surface area contributed by atoms with Crippen LogP contribution >= 0.6 is 0 Å². The van der Waals surface area contributed by atoms with Crippen molar-refractivity contribution in [1.29, 1.82) is 0 Å². The normalized spacial score (nSPS) is 33.7. The lowest BCUT2D eigenvalue weighted by atomic mass is 9.91. The minimum absolute atomic E-state index is 0.110. The van der Waals surface area contributed by atoms with Crippen molar-refractivity contribution in [2.75, 3.05) is 0 Å². The van der Waals surface area contributed by atoms with E-state index in [1.165, 1.54) is 57.8 Å². The third kappa shape index (κ3) is 4.24. The fraction of sp³-hybridized carbons (Fsp3) is 1.00. The summed E-state index contributed by atoms with van der Waals surface area (Å²) in [6, 6.07) is 0.937. The molecule has 0 amide bonds. The smallest absolute Gasteiger partial charge is 0.0693 e. The SMILES string of the molecule is C[C@H](NC1CCCCCC1O)C1CCCCCC1. The molecule has 2 saturated carbocycles. The summed E-state index contributed by atoms with van der Waals surface area (Å²) >= 11 is 0. The van der Waals surface area contributed by atoms with Crippen molar-refractivity contribution in [3.63, 3.8) is 0 Å². The number of rotatable bonds is 3. The lowest BCUT2D eigenvalue weighted by Crippen LogP contribution is -2.46. The number of aliphatic hydroxyl groups is 1. The Balaban J connectivity index is 1.82. The van der Waals surface area contributed by atoms with E-state index in [0.29, 0.717) is 12.1 Å². The van der Waals surface area contributed by atoms with Crippen LogP contribution in [0.25, 0.3) is 0 Å². The monoisotopic (exact) mass is 253 g/mol. The first kappa shape index (κ1) is 14.3. The van der Waals surface area contributed by atoms with Crippen molar-refractivity contribution in [3.05, 3.63) is 0 Å². The van der Waals surface area contributed by atoms with Crippen LogP contribution in [0.4, 0.5) is 0 Å². The second-order valence-corrected chi connectivity index (χ2v) is 6.52. The lowest BCUT2D eigenvalue weighted by molar-refractivity contribution is 0.108. The number of aliphatic hydroxyl groups excluding tert-OH is 1. The van der Waals surface area contributed by atoms with E-state index in [1.54, 1.807) is 0 Å². The molecule has 18 heavy (non-hydrogen) atoms. The van der Waals surface area contributed by atoms with Gasteiger partial charge in [0.05, 0.1) is 6.10 Å². The van der Waals surface area contributed by atoms with E-state index in [2.05, 4.69) is 12.2 Å². The molecule has 0 aliphatic heterocycles. The fourth-order valence-corrected chi connectivity index (χ4v) is 3.77. The maximum absolute atomic E-state index is 10.2. The first-order valence-corrected chi connectivity index (χ1v) is 8.21. The molecule has 2 aliphatic rings. The van der Waals surface area contributed by atoms with Gasteiger partial charge in [-0.2, -0.15) is 0 Å². The van der Waals surface area contributed by atoms with Gasteiger partial charge in [-0.1, -0.05) is 44.9 Å². The van der Waals surface area contributed by atoms with Crippen molar-refractivity contribution >= 4 is 0 Å². The molecule has 0 radical (unpaired) electrons. The van der Waals surface area contributed by atoms with Crippen LogP contribution in [0.5, 0.6) is 0 Å². The molecule has 0 saturated heterocycles. The highest BCUT2D eigenvalue weighted by atomic mass is 16.3. The van der Waals surface area contributed by atoms with E-state index in [4.69, 9.17) is 0 Å². The van der Waals surface area contributed by atoms with Gasteiger partial charge in [0.1, 0.15) is 0 Å². The van der Waals surface area contributed by atoms with Gasteiger partial charge in [0.15, 0.2) is 0 Å². The molecule has 3 atom stereocenters. The predicted octanol–water partition coefficient (Wildman–Crippen LogP) is 3.63. The van der Waals surface area contributed by atoms with Crippen LogP contribution in [0.15, 0.2) is 0 Å². The van der Waals surface area contributed by atoms with E-state index < -0.39 is 0 Å². The fourth-order valence-electron chi connectivity index (χ4n) is 3.77. The van der Waals surface area contributed by atoms with Gasteiger partial charge in [-0.15, -0.1) is 0 Å². The lowest BCUT2D eigenvalue weighted by Gasteiger charge is -2.30. The predicted molar refractivity (Wildman–Crippen MR) is 76.7 cm³/mol. The highest BCUT2D eigenvalue weighted by Crippen LogP contribution is 2.27. The maximum Gasteiger partial charge on any atom is 0.0693 e. The molecule has 2 N–H and O–H groups in total. The van der Waals surface area contributed by atoms with Gasteiger partial charge in [-0.05, 0) is 38.5 Å². The number of hydrogen-bond donors (Lipinski definition) is 2. The third-order valence-electron chi connectivity index (χ3n) is 5.06. The molecule has 2 heteroatoms. The van der Waals surface area contributed by atoms with Crippen LogP contribution in [-0.2, 0) is 0 Å². The molecule has 0 bridgehead atoms. The zero-order chi connectivity index (χ0) is 12.8.